The standard InChI is InChI=1S/C26H24FIN2O3S/c1-3-16-8-10-19(11-9-16)29-26-30-25(31)23(34-26)14-17-12-21(28)24(22(13-17)32-2)33-15-18-6-4-5-7-20(18)27/h4-14,26,29H,3,15H2,1-2H3,(H,30,31)/b23-14-/t26-/m1/s1. The van der Waals surface area contributed by atoms with Gasteiger partial charge in [-0.05, 0) is 76.5 Å². The Hall–Kier alpha value is -2.72. The molecule has 5 nitrogen and oxygen atoms in total. The van der Waals surface area contributed by atoms with Crippen LogP contribution in [-0.2, 0) is 17.8 Å². The topological polar surface area (TPSA) is 59.6 Å². The molecule has 0 radical (unpaired) electrons. The number of amides is 1. The quantitative estimate of drug-likeness (QED) is 0.243. The van der Waals surface area contributed by atoms with Crippen LogP contribution in [0.25, 0.3) is 6.08 Å². The number of benzene rings is 3. The van der Waals surface area contributed by atoms with Crippen molar-refractivity contribution in [3.05, 3.63) is 91.6 Å². The third-order valence-electron chi connectivity index (χ3n) is 5.27. The molecule has 1 saturated heterocycles. The largest absolute Gasteiger partial charge is 0.493 e. The molecule has 0 bridgehead atoms. The Bertz CT molecular complexity index is 1220. The van der Waals surface area contributed by atoms with E-state index in [1.807, 2.05) is 30.3 Å². The zero-order valence-electron chi connectivity index (χ0n) is 18.7. The Kier molecular flexibility index (Phi) is 7.99. The predicted molar refractivity (Wildman–Crippen MR) is 143 cm³/mol. The number of hydrogen-bond donors (Lipinski definition) is 2. The molecule has 1 atom stereocenters. The predicted octanol–water partition coefficient (Wildman–Crippen LogP) is 6.18. The van der Waals surface area contributed by atoms with Gasteiger partial charge in [-0.25, -0.2) is 4.39 Å². The fraction of sp³-hybridized carbons (Fsp3) is 0.192. The minimum absolute atomic E-state index is 0.0876. The third kappa shape index (κ3) is 5.85. The number of anilines is 1. The van der Waals surface area contributed by atoms with Crippen LogP contribution in [-0.4, -0.2) is 18.5 Å². The lowest BCUT2D eigenvalue weighted by Crippen LogP contribution is -2.30. The van der Waals surface area contributed by atoms with Crippen molar-refractivity contribution in [1.82, 2.24) is 5.32 Å². The van der Waals surface area contributed by atoms with Crippen LogP contribution in [0, 0.1) is 9.39 Å². The number of carbonyl (C=O) groups excluding carboxylic acids is 1. The molecule has 0 saturated carbocycles. The van der Waals surface area contributed by atoms with Crippen LogP contribution in [0.4, 0.5) is 10.1 Å². The molecule has 2 N–H and O–H groups in total. The number of rotatable bonds is 8. The lowest BCUT2D eigenvalue weighted by atomic mass is 10.1. The van der Waals surface area contributed by atoms with Crippen LogP contribution in [0.1, 0.15) is 23.6 Å². The van der Waals surface area contributed by atoms with E-state index in [4.69, 9.17) is 9.47 Å². The minimum Gasteiger partial charge on any atom is -0.493 e. The molecule has 1 heterocycles. The Morgan fingerprint density at radius 2 is 1.94 bits per heavy atom. The van der Waals surface area contributed by atoms with Crippen LogP contribution in [0.15, 0.2) is 65.6 Å². The average molecular weight is 590 g/mol. The van der Waals surface area contributed by atoms with Crippen molar-refractivity contribution in [3.8, 4) is 11.5 Å². The van der Waals surface area contributed by atoms with E-state index in [9.17, 15) is 9.18 Å². The second-order valence-electron chi connectivity index (χ2n) is 7.59. The van der Waals surface area contributed by atoms with Gasteiger partial charge in [-0.15, -0.1) is 0 Å². The second-order valence-corrected chi connectivity index (χ2v) is 9.90. The molecule has 0 aromatic heterocycles. The number of hydrogen-bond acceptors (Lipinski definition) is 5. The summed E-state index contributed by atoms with van der Waals surface area (Å²) in [5.41, 5.74) is 3.23. The first kappa shape index (κ1) is 24.4. The average Bonchev–Trinajstić information content (AvgIpc) is 3.17. The molecule has 34 heavy (non-hydrogen) atoms. The van der Waals surface area contributed by atoms with Crippen LogP contribution in [0.3, 0.4) is 0 Å². The number of carbonyl (C=O) groups is 1. The van der Waals surface area contributed by atoms with Gasteiger partial charge in [-0.2, -0.15) is 0 Å². The Balaban J connectivity index is 1.48. The maximum absolute atomic E-state index is 13.9. The number of methoxy groups -OCH3 is 1. The Morgan fingerprint density at radius 1 is 1.18 bits per heavy atom. The van der Waals surface area contributed by atoms with Gasteiger partial charge < -0.3 is 20.1 Å². The van der Waals surface area contributed by atoms with Crippen molar-refractivity contribution in [2.75, 3.05) is 12.4 Å². The van der Waals surface area contributed by atoms with Gasteiger partial charge in [-0.3, -0.25) is 4.79 Å². The van der Waals surface area contributed by atoms with Gasteiger partial charge in [0, 0.05) is 11.3 Å². The van der Waals surface area contributed by atoms with Gasteiger partial charge in [-0.1, -0.05) is 49.0 Å². The van der Waals surface area contributed by atoms with E-state index >= 15 is 0 Å². The molecule has 3 aromatic rings. The van der Waals surface area contributed by atoms with E-state index in [0.29, 0.717) is 22.0 Å². The van der Waals surface area contributed by atoms with Gasteiger partial charge in [0.15, 0.2) is 17.0 Å². The molecule has 0 aliphatic carbocycles. The summed E-state index contributed by atoms with van der Waals surface area (Å²) < 4.78 is 26.1. The number of aryl methyl sites for hydroxylation is 1. The summed E-state index contributed by atoms with van der Waals surface area (Å²) in [6, 6.07) is 18.4. The lowest BCUT2D eigenvalue weighted by molar-refractivity contribution is -0.116. The fourth-order valence-electron chi connectivity index (χ4n) is 3.43. The maximum atomic E-state index is 13.9. The van der Waals surface area contributed by atoms with E-state index in [1.54, 1.807) is 25.3 Å². The molecule has 3 aromatic carbocycles. The van der Waals surface area contributed by atoms with Crippen molar-refractivity contribution >= 4 is 52.0 Å². The van der Waals surface area contributed by atoms with Gasteiger partial charge in [0.25, 0.3) is 5.91 Å². The van der Waals surface area contributed by atoms with E-state index in [0.717, 1.165) is 21.2 Å². The number of nitrogens with one attached hydrogen (secondary N) is 2. The molecule has 1 amide bonds. The zero-order chi connectivity index (χ0) is 24.1. The van der Waals surface area contributed by atoms with Gasteiger partial charge in [0.2, 0.25) is 0 Å². The molecule has 1 aliphatic rings. The highest BCUT2D eigenvalue weighted by Crippen LogP contribution is 2.37. The number of ether oxygens (including phenoxy) is 2. The first-order valence-corrected chi connectivity index (χ1v) is 12.7. The normalized spacial score (nSPS) is 16.4. The van der Waals surface area contributed by atoms with Gasteiger partial charge in [0.05, 0.1) is 15.6 Å². The van der Waals surface area contributed by atoms with E-state index in [1.165, 1.54) is 23.4 Å². The third-order valence-corrected chi connectivity index (χ3v) is 7.10. The first-order chi connectivity index (χ1) is 16.5. The summed E-state index contributed by atoms with van der Waals surface area (Å²) in [7, 11) is 1.55. The zero-order valence-corrected chi connectivity index (χ0v) is 21.7. The highest BCUT2D eigenvalue weighted by molar-refractivity contribution is 14.1. The van der Waals surface area contributed by atoms with Crippen LogP contribution in [0.2, 0.25) is 0 Å². The SMILES string of the molecule is CCc1ccc(N[C@@H]2NC(=O)/C(=C/c3cc(I)c(OCc4ccccc4F)c(OC)c3)S2)cc1. The maximum Gasteiger partial charge on any atom is 0.260 e. The molecule has 0 unspecified atom stereocenters. The van der Waals surface area contributed by atoms with Crippen molar-refractivity contribution in [1.29, 1.82) is 0 Å². The first-order valence-electron chi connectivity index (χ1n) is 10.7. The lowest BCUT2D eigenvalue weighted by Gasteiger charge is -2.14. The molecular weight excluding hydrogens is 566 g/mol. The summed E-state index contributed by atoms with van der Waals surface area (Å²) >= 11 is 3.58. The minimum atomic E-state index is -0.313. The number of thioether (sulfide) groups is 1. The van der Waals surface area contributed by atoms with Gasteiger partial charge >= 0.3 is 0 Å². The fourth-order valence-corrected chi connectivity index (χ4v) is 5.20. The highest BCUT2D eigenvalue weighted by Gasteiger charge is 2.27. The smallest absolute Gasteiger partial charge is 0.260 e. The van der Waals surface area contributed by atoms with Crippen LogP contribution >= 0.6 is 34.4 Å². The highest BCUT2D eigenvalue weighted by atomic mass is 127. The van der Waals surface area contributed by atoms with Gasteiger partial charge in [0.1, 0.15) is 12.4 Å². The van der Waals surface area contributed by atoms with E-state index < -0.39 is 0 Å². The molecule has 1 aliphatic heterocycles. The molecule has 4 rings (SSSR count). The molecule has 176 valence electrons. The molecule has 1 fully saturated rings. The number of halogens is 2. The van der Waals surface area contributed by atoms with Crippen LogP contribution in [0.5, 0.6) is 11.5 Å². The Morgan fingerprint density at radius 3 is 2.65 bits per heavy atom. The van der Waals surface area contributed by atoms with E-state index in [2.05, 4.69) is 52.3 Å². The Labute approximate surface area is 216 Å². The second kappa shape index (κ2) is 11.1. The van der Waals surface area contributed by atoms with E-state index in [-0.39, 0.29) is 23.8 Å². The van der Waals surface area contributed by atoms with Crippen molar-refractivity contribution in [3.63, 3.8) is 0 Å². The molecule has 0 spiro atoms. The summed E-state index contributed by atoms with van der Waals surface area (Å²) in [5.74, 6) is 0.601. The summed E-state index contributed by atoms with van der Waals surface area (Å²) in [5, 5.41) is 6.28. The van der Waals surface area contributed by atoms with Crippen molar-refractivity contribution < 1.29 is 18.7 Å². The molecular formula is C26H24FIN2O3S. The summed E-state index contributed by atoms with van der Waals surface area (Å²) in [4.78, 5) is 13.1. The van der Waals surface area contributed by atoms with Crippen molar-refractivity contribution in [2.45, 2.75) is 25.4 Å². The monoisotopic (exact) mass is 590 g/mol. The summed E-state index contributed by atoms with van der Waals surface area (Å²) in [6.07, 6.45) is 2.81. The molecule has 8 heteroatoms. The summed E-state index contributed by atoms with van der Waals surface area (Å²) in [6.45, 7) is 2.20. The van der Waals surface area contributed by atoms with Crippen molar-refractivity contribution in [2.24, 2.45) is 0 Å². The van der Waals surface area contributed by atoms with Crippen LogP contribution < -0.4 is 20.1 Å².